The van der Waals surface area contributed by atoms with E-state index in [2.05, 4.69) is 14.7 Å². The Hall–Kier alpha value is -2.42. The normalized spacial score (nSPS) is 11.2. The Kier molecular flexibility index (Phi) is 3.70. The fourth-order valence-corrected chi connectivity index (χ4v) is 2.51. The maximum Gasteiger partial charge on any atom is 0.309 e. The molecule has 8 nitrogen and oxygen atoms in total. The molecule has 2 rings (SSSR count). The molecule has 106 valence electrons. The number of aryl methyl sites for hydroxylation is 1. The van der Waals surface area contributed by atoms with Gasteiger partial charge in [-0.05, 0) is 12.1 Å². The second-order valence-corrected chi connectivity index (χ2v) is 5.72. The first-order chi connectivity index (χ1) is 9.37. The van der Waals surface area contributed by atoms with Crippen molar-refractivity contribution in [2.45, 2.75) is 11.4 Å². The van der Waals surface area contributed by atoms with Crippen LogP contribution < -0.4 is 4.72 Å². The van der Waals surface area contributed by atoms with Crippen molar-refractivity contribution in [3.05, 3.63) is 36.5 Å². The first-order valence-corrected chi connectivity index (χ1v) is 7.02. The predicted octanol–water partition coefficient (Wildman–Crippen LogP) is 0.243. The number of anilines is 1. The maximum atomic E-state index is 12.0. The van der Waals surface area contributed by atoms with E-state index < -0.39 is 16.0 Å². The molecule has 2 aromatic rings. The zero-order chi connectivity index (χ0) is 14.8. The van der Waals surface area contributed by atoms with Gasteiger partial charge in [0.25, 0.3) is 10.0 Å². The van der Waals surface area contributed by atoms with E-state index in [0.717, 1.165) is 0 Å². The summed E-state index contributed by atoms with van der Waals surface area (Å²) in [5, 5.41) is 8.51. The third-order valence-corrected chi connectivity index (χ3v) is 3.63. The topological polar surface area (TPSA) is 114 Å². The number of pyridine rings is 1. The minimum absolute atomic E-state index is 0.102. The van der Waals surface area contributed by atoms with E-state index in [1.165, 1.54) is 35.4 Å². The molecule has 0 aliphatic heterocycles. The lowest BCUT2D eigenvalue weighted by molar-refractivity contribution is -0.136. The molecule has 0 aliphatic rings. The molecule has 0 aromatic carbocycles. The Morgan fingerprint density at radius 3 is 2.65 bits per heavy atom. The highest BCUT2D eigenvalue weighted by Crippen LogP contribution is 2.13. The predicted molar refractivity (Wildman–Crippen MR) is 69.6 cm³/mol. The number of nitrogens with one attached hydrogen (secondary N) is 1. The van der Waals surface area contributed by atoms with E-state index in [-0.39, 0.29) is 17.1 Å². The Labute approximate surface area is 115 Å². The van der Waals surface area contributed by atoms with E-state index in [4.69, 9.17) is 5.11 Å². The van der Waals surface area contributed by atoms with E-state index in [1.54, 1.807) is 7.05 Å². The van der Waals surface area contributed by atoms with Crippen LogP contribution in [0.25, 0.3) is 0 Å². The fraction of sp³-hybridized carbons (Fsp3) is 0.182. The molecule has 2 N–H and O–H groups in total. The number of carboxylic acid groups (broad SMARTS) is 1. The highest BCUT2D eigenvalue weighted by molar-refractivity contribution is 7.92. The highest BCUT2D eigenvalue weighted by atomic mass is 32.2. The van der Waals surface area contributed by atoms with Gasteiger partial charge in [0.2, 0.25) is 0 Å². The number of aliphatic carboxylic acids is 1. The molecule has 0 aliphatic carbocycles. The number of imidazole rings is 1. The minimum atomic E-state index is -3.77. The van der Waals surface area contributed by atoms with Gasteiger partial charge >= 0.3 is 5.97 Å². The second-order valence-electron chi connectivity index (χ2n) is 4.09. The summed E-state index contributed by atoms with van der Waals surface area (Å²) in [6.45, 7) is 0. The van der Waals surface area contributed by atoms with Crippen LogP contribution in [0.5, 0.6) is 0 Å². The zero-order valence-electron chi connectivity index (χ0n) is 10.5. The maximum absolute atomic E-state index is 12.0. The number of rotatable bonds is 5. The second kappa shape index (κ2) is 5.29. The van der Waals surface area contributed by atoms with Gasteiger partial charge < -0.3 is 9.67 Å². The van der Waals surface area contributed by atoms with Gasteiger partial charge in [0.05, 0.1) is 30.3 Å². The van der Waals surface area contributed by atoms with Gasteiger partial charge in [0, 0.05) is 13.2 Å². The molecule has 2 heterocycles. The van der Waals surface area contributed by atoms with Crippen LogP contribution in [-0.4, -0.2) is 34.0 Å². The summed E-state index contributed by atoms with van der Waals surface area (Å²) in [6, 6.07) is 2.90. The van der Waals surface area contributed by atoms with Crippen LogP contribution in [0, 0.1) is 0 Å². The van der Waals surface area contributed by atoms with E-state index in [0.29, 0.717) is 5.69 Å². The van der Waals surface area contributed by atoms with Gasteiger partial charge in [0.1, 0.15) is 0 Å². The highest BCUT2D eigenvalue weighted by Gasteiger charge is 2.17. The third kappa shape index (κ3) is 3.32. The van der Waals surface area contributed by atoms with E-state index in [1.807, 2.05) is 0 Å². The van der Waals surface area contributed by atoms with Crippen molar-refractivity contribution in [3.63, 3.8) is 0 Å². The number of carbonyl (C=O) groups is 1. The van der Waals surface area contributed by atoms with Gasteiger partial charge in [-0.25, -0.2) is 4.98 Å². The van der Waals surface area contributed by atoms with Crippen LogP contribution in [0.15, 0.2) is 35.9 Å². The summed E-state index contributed by atoms with van der Waals surface area (Å²) >= 11 is 0. The molecule has 2 aromatic heterocycles. The van der Waals surface area contributed by atoms with E-state index >= 15 is 0 Å². The van der Waals surface area contributed by atoms with Crippen LogP contribution in [0.2, 0.25) is 0 Å². The van der Waals surface area contributed by atoms with Gasteiger partial charge in [-0.15, -0.1) is 0 Å². The summed E-state index contributed by atoms with van der Waals surface area (Å²) in [4.78, 5) is 18.1. The molecule has 9 heteroatoms. The summed E-state index contributed by atoms with van der Waals surface area (Å²) in [7, 11) is -2.11. The standard InChI is InChI=1S/C11H12N4O4S/c1-15-6-10(13-7-15)20(18,19)14-9-3-2-8(12-5-9)4-11(16)17/h2-3,5-7,14H,4H2,1H3,(H,16,17). The molecular formula is C11H12N4O4S. The molecule has 0 radical (unpaired) electrons. The van der Waals surface area contributed by atoms with Crippen molar-refractivity contribution < 1.29 is 18.3 Å². The van der Waals surface area contributed by atoms with Crippen LogP contribution in [-0.2, 0) is 28.3 Å². The molecule has 0 fully saturated rings. The van der Waals surface area contributed by atoms with E-state index in [9.17, 15) is 13.2 Å². The first-order valence-electron chi connectivity index (χ1n) is 5.54. The lowest BCUT2D eigenvalue weighted by atomic mass is 10.3. The van der Waals surface area contributed by atoms with Crippen molar-refractivity contribution in [1.82, 2.24) is 14.5 Å². The molecule has 0 saturated heterocycles. The molecule has 0 atom stereocenters. The van der Waals surface area contributed by atoms with Gasteiger partial charge in [0.15, 0.2) is 5.03 Å². The average molecular weight is 296 g/mol. The largest absolute Gasteiger partial charge is 0.481 e. The van der Waals surface area contributed by atoms with Crippen LogP contribution in [0.3, 0.4) is 0 Å². The van der Waals surface area contributed by atoms with Crippen molar-refractivity contribution in [3.8, 4) is 0 Å². The summed E-state index contributed by atoms with van der Waals surface area (Å²) < 4.78 is 27.8. The third-order valence-electron chi connectivity index (χ3n) is 2.37. The van der Waals surface area contributed by atoms with Crippen molar-refractivity contribution >= 4 is 21.7 Å². The van der Waals surface area contributed by atoms with Gasteiger partial charge in [-0.1, -0.05) is 0 Å². The van der Waals surface area contributed by atoms with Crippen LogP contribution in [0.4, 0.5) is 5.69 Å². The van der Waals surface area contributed by atoms with Crippen molar-refractivity contribution in [1.29, 1.82) is 0 Å². The Morgan fingerprint density at radius 2 is 2.15 bits per heavy atom. The minimum Gasteiger partial charge on any atom is -0.481 e. The fourth-order valence-electron chi connectivity index (χ4n) is 1.48. The lowest BCUT2D eigenvalue weighted by Gasteiger charge is -2.05. The number of aromatic nitrogens is 3. The first kappa shape index (κ1) is 14.0. The van der Waals surface area contributed by atoms with Crippen LogP contribution in [0.1, 0.15) is 5.69 Å². The molecule has 0 amide bonds. The monoisotopic (exact) mass is 296 g/mol. The summed E-state index contributed by atoms with van der Waals surface area (Å²) in [5.74, 6) is -1.00. The van der Waals surface area contributed by atoms with Gasteiger partial charge in [-0.3, -0.25) is 14.5 Å². The molecule has 0 unspecified atom stereocenters. The molecule has 0 saturated carbocycles. The Balaban J connectivity index is 2.15. The van der Waals surface area contributed by atoms with Gasteiger partial charge in [-0.2, -0.15) is 8.42 Å². The SMILES string of the molecule is Cn1cnc(S(=O)(=O)Nc2ccc(CC(=O)O)nc2)c1. The number of nitrogens with zero attached hydrogens (tertiary/aromatic N) is 3. The number of carboxylic acids is 1. The average Bonchev–Trinajstić information content (AvgIpc) is 2.78. The molecular weight excluding hydrogens is 284 g/mol. The smallest absolute Gasteiger partial charge is 0.309 e. The number of hydrogen-bond donors (Lipinski definition) is 2. The molecule has 0 spiro atoms. The number of hydrogen-bond acceptors (Lipinski definition) is 5. The van der Waals surface area contributed by atoms with Crippen LogP contribution >= 0.6 is 0 Å². The summed E-state index contributed by atoms with van der Waals surface area (Å²) in [5.41, 5.74) is 0.586. The zero-order valence-corrected chi connectivity index (χ0v) is 11.3. The lowest BCUT2D eigenvalue weighted by Crippen LogP contribution is -2.13. The quantitative estimate of drug-likeness (QED) is 0.817. The van der Waals surface area contributed by atoms with Crippen molar-refractivity contribution in [2.24, 2.45) is 7.05 Å². The Morgan fingerprint density at radius 1 is 1.40 bits per heavy atom. The summed E-state index contributed by atoms with van der Waals surface area (Å²) in [6.07, 6.45) is 3.80. The number of sulfonamides is 1. The Bertz CT molecular complexity index is 721. The molecule has 0 bridgehead atoms. The van der Waals surface area contributed by atoms with Crippen molar-refractivity contribution in [2.75, 3.05) is 4.72 Å². The molecule has 20 heavy (non-hydrogen) atoms.